The summed E-state index contributed by atoms with van der Waals surface area (Å²) in [5, 5.41) is 2.92. The molecule has 4 nitrogen and oxygen atoms in total. The van der Waals surface area contributed by atoms with Crippen LogP contribution in [-0.2, 0) is 4.79 Å². The smallest absolute Gasteiger partial charge is 0.238 e. The summed E-state index contributed by atoms with van der Waals surface area (Å²) >= 11 is 2.21. The lowest BCUT2D eigenvalue weighted by Crippen LogP contribution is -2.33. The summed E-state index contributed by atoms with van der Waals surface area (Å²) in [5.74, 6) is 0.0308. The first-order chi connectivity index (χ1) is 8.15. The fourth-order valence-corrected chi connectivity index (χ4v) is 2.48. The molecule has 0 radical (unpaired) electrons. The zero-order chi connectivity index (χ0) is 12.3. The van der Waals surface area contributed by atoms with Crippen molar-refractivity contribution in [3.8, 4) is 0 Å². The highest BCUT2D eigenvalue weighted by Gasteiger charge is 2.21. The second kappa shape index (κ2) is 7.28. The fourth-order valence-electron chi connectivity index (χ4n) is 1.96. The molecule has 1 aliphatic rings. The number of nitrogens with zero attached hydrogens (tertiary/aromatic N) is 1. The number of likely N-dealkylation sites (tertiary alicyclic amines) is 1. The van der Waals surface area contributed by atoms with Crippen molar-refractivity contribution in [1.29, 1.82) is 0 Å². The average molecular weight is 382 g/mol. The van der Waals surface area contributed by atoms with Gasteiger partial charge in [0.2, 0.25) is 5.91 Å². The summed E-state index contributed by atoms with van der Waals surface area (Å²) in [7, 11) is 0. The lowest BCUT2D eigenvalue weighted by molar-refractivity contribution is -0.117. The Labute approximate surface area is 127 Å². The molecule has 2 rings (SSSR count). The molecule has 0 aromatic heterocycles. The minimum absolute atomic E-state index is 0. The van der Waals surface area contributed by atoms with Crippen molar-refractivity contribution in [3.63, 3.8) is 0 Å². The molecule has 1 heterocycles. The van der Waals surface area contributed by atoms with Crippen LogP contribution in [0.15, 0.2) is 24.3 Å². The number of carbonyl (C=O) groups is 1. The summed E-state index contributed by atoms with van der Waals surface area (Å²) in [6.45, 7) is 2.17. The van der Waals surface area contributed by atoms with E-state index >= 15 is 0 Å². The van der Waals surface area contributed by atoms with Crippen LogP contribution in [-0.4, -0.2) is 36.5 Å². The van der Waals surface area contributed by atoms with Gasteiger partial charge in [-0.2, -0.15) is 0 Å². The Hall–Kier alpha value is -0.370. The predicted octanol–water partition coefficient (Wildman–Crippen LogP) is 1.68. The minimum atomic E-state index is 0. The van der Waals surface area contributed by atoms with Gasteiger partial charge in [-0.15, -0.1) is 12.4 Å². The van der Waals surface area contributed by atoms with Gasteiger partial charge in [-0.3, -0.25) is 9.69 Å². The third-order valence-electron chi connectivity index (χ3n) is 2.82. The van der Waals surface area contributed by atoms with Gasteiger partial charge in [0.15, 0.2) is 0 Å². The number of benzene rings is 1. The van der Waals surface area contributed by atoms with Gasteiger partial charge in [-0.25, -0.2) is 0 Å². The van der Waals surface area contributed by atoms with Crippen LogP contribution in [0.5, 0.6) is 0 Å². The number of hydrogen-bond donors (Lipinski definition) is 2. The van der Waals surface area contributed by atoms with Gasteiger partial charge >= 0.3 is 0 Å². The van der Waals surface area contributed by atoms with Crippen molar-refractivity contribution >= 4 is 46.6 Å². The summed E-state index contributed by atoms with van der Waals surface area (Å²) in [6, 6.07) is 7.98. The summed E-state index contributed by atoms with van der Waals surface area (Å²) < 4.78 is 1.05. The Morgan fingerprint density at radius 3 is 2.83 bits per heavy atom. The molecule has 0 saturated carbocycles. The number of anilines is 1. The largest absolute Gasteiger partial charge is 0.326 e. The number of hydrogen-bond acceptors (Lipinski definition) is 3. The first kappa shape index (κ1) is 15.7. The van der Waals surface area contributed by atoms with Crippen LogP contribution in [0.25, 0.3) is 0 Å². The quantitative estimate of drug-likeness (QED) is 0.783. The molecular formula is C12H17ClIN3O. The number of nitrogens with two attached hydrogens (primary N) is 1. The SMILES string of the molecule is Cl.N[C@@H]1CCN(CC(=O)Nc2ccccc2I)C1. The molecule has 3 N–H and O–H groups in total. The van der Waals surface area contributed by atoms with Crippen molar-refractivity contribution < 1.29 is 4.79 Å². The Balaban J connectivity index is 0.00000162. The number of carbonyl (C=O) groups excluding carboxylic acids is 1. The number of nitrogens with one attached hydrogen (secondary N) is 1. The van der Waals surface area contributed by atoms with Gasteiger partial charge in [0, 0.05) is 22.7 Å². The first-order valence-electron chi connectivity index (χ1n) is 5.67. The molecule has 0 spiro atoms. The monoisotopic (exact) mass is 381 g/mol. The van der Waals surface area contributed by atoms with Crippen LogP contribution in [0.2, 0.25) is 0 Å². The third-order valence-corrected chi connectivity index (χ3v) is 3.76. The molecule has 6 heteroatoms. The normalized spacial score (nSPS) is 19.3. The number of rotatable bonds is 3. The lowest BCUT2D eigenvalue weighted by atomic mass is 10.3. The molecule has 0 bridgehead atoms. The number of amides is 1. The maximum Gasteiger partial charge on any atom is 0.238 e. The molecule has 1 atom stereocenters. The Kier molecular flexibility index (Phi) is 6.34. The first-order valence-corrected chi connectivity index (χ1v) is 6.75. The topological polar surface area (TPSA) is 58.4 Å². The minimum Gasteiger partial charge on any atom is -0.326 e. The van der Waals surface area contributed by atoms with Crippen molar-refractivity contribution in [2.45, 2.75) is 12.5 Å². The second-order valence-electron chi connectivity index (χ2n) is 4.31. The molecule has 1 fully saturated rings. The molecule has 1 amide bonds. The van der Waals surface area contributed by atoms with E-state index in [1.165, 1.54) is 0 Å². The van der Waals surface area contributed by atoms with Crippen LogP contribution < -0.4 is 11.1 Å². The van der Waals surface area contributed by atoms with Crippen LogP contribution in [0.3, 0.4) is 0 Å². The fraction of sp³-hybridized carbons (Fsp3) is 0.417. The van der Waals surface area contributed by atoms with Crippen molar-refractivity contribution in [1.82, 2.24) is 4.90 Å². The third kappa shape index (κ3) is 4.38. The van der Waals surface area contributed by atoms with Gasteiger partial charge in [0.1, 0.15) is 0 Å². The molecule has 1 aliphatic heterocycles. The zero-order valence-corrected chi connectivity index (χ0v) is 12.9. The maximum atomic E-state index is 11.8. The van der Waals surface area contributed by atoms with Gasteiger partial charge in [0.25, 0.3) is 0 Å². The van der Waals surface area contributed by atoms with Gasteiger partial charge in [-0.05, 0) is 41.1 Å². The highest BCUT2D eigenvalue weighted by molar-refractivity contribution is 14.1. The van der Waals surface area contributed by atoms with Gasteiger partial charge < -0.3 is 11.1 Å². The lowest BCUT2D eigenvalue weighted by Gasteiger charge is -2.15. The standard InChI is InChI=1S/C12H16IN3O.ClH/c13-10-3-1-2-4-11(10)15-12(17)8-16-6-5-9(14)7-16;/h1-4,9H,5-8,14H2,(H,15,17);1H/t9-;/m1./s1. The highest BCUT2D eigenvalue weighted by Crippen LogP contribution is 2.17. The van der Waals surface area contributed by atoms with E-state index in [4.69, 9.17) is 5.73 Å². The van der Waals surface area contributed by atoms with Crippen molar-refractivity contribution in [2.24, 2.45) is 5.73 Å². The molecular weight excluding hydrogens is 365 g/mol. The summed E-state index contributed by atoms with van der Waals surface area (Å²) in [5.41, 5.74) is 6.68. The summed E-state index contributed by atoms with van der Waals surface area (Å²) in [4.78, 5) is 13.9. The Morgan fingerprint density at radius 1 is 1.50 bits per heavy atom. The van der Waals surface area contributed by atoms with E-state index in [0.717, 1.165) is 28.8 Å². The molecule has 1 saturated heterocycles. The van der Waals surface area contributed by atoms with E-state index in [2.05, 4.69) is 32.8 Å². The highest BCUT2D eigenvalue weighted by atomic mass is 127. The molecule has 0 unspecified atom stereocenters. The Bertz CT molecular complexity index is 416. The average Bonchev–Trinajstić information content (AvgIpc) is 2.67. The van der Waals surface area contributed by atoms with Gasteiger partial charge in [-0.1, -0.05) is 12.1 Å². The second-order valence-corrected chi connectivity index (χ2v) is 5.47. The zero-order valence-electron chi connectivity index (χ0n) is 9.93. The van der Waals surface area contributed by atoms with E-state index in [1.54, 1.807) is 0 Å². The van der Waals surface area contributed by atoms with E-state index in [-0.39, 0.29) is 24.4 Å². The van der Waals surface area contributed by atoms with Crippen LogP contribution in [0.1, 0.15) is 6.42 Å². The molecule has 1 aromatic carbocycles. The van der Waals surface area contributed by atoms with Crippen LogP contribution in [0, 0.1) is 3.57 Å². The van der Waals surface area contributed by atoms with Crippen molar-refractivity contribution in [3.05, 3.63) is 27.8 Å². The van der Waals surface area contributed by atoms with Crippen LogP contribution in [0.4, 0.5) is 5.69 Å². The van der Waals surface area contributed by atoms with E-state index < -0.39 is 0 Å². The number of para-hydroxylation sites is 1. The van der Waals surface area contributed by atoms with Crippen molar-refractivity contribution in [2.75, 3.05) is 25.0 Å². The number of halogens is 2. The maximum absolute atomic E-state index is 11.8. The molecule has 1 aromatic rings. The Morgan fingerprint density at radius 2 is 2.22 bits per heavy atom. The molecule has 100 valence electrons. The van der Waals surface area contributed by atoms with E-state index in [0.29, 0.717) is 6.54 Å². The van der Waals surface area contributed by atoms with E-state index in [9.17, 15) is 4.79 Å². The summed E-state index contributed by atoms with van der Waals surface area (Å²) in [6.07, 6.45) is 0.982. The van der Waals surface area contributed by atoms with Crippen LogP contribution >= 0.6 is 35.0 Å². The van der Waals surface area contributed by atoms with Gasteiger partial charge in [0.05, 0.1) is 12.2 Å². The van der Waals surface area contributed by atoms with E-state index in [1.807, 2.05) is 24.3 Å². The molecule has 0 aliphatic carbocycles. The predicted molar refractivity (Wildman–Crippen MR) is 84.1 cm³/mol. The molecule has 18 heavy (non-hydrogen) atoms.